The number of hydrogen-bond acceptors (Lipinski definition) is 4. The van der Waals surface area contributed by atoms with Crippen LogP contribution in [0.3, 0.4) is 0 Å². The summed E-state index contributed by atoms with van der Waals surface area (Å²) in [7, 11) is 0. The number of aliphatic hydroxyl groups is 1. The van der Waals surface area contributed by atoms with Crippen molar-refractivity contribution in [1.82, 2.24) is 0 Å². The van der Waals surface area contributed by atoms with E-state index in [4.69, 9.17) is 0 Å². The highest BCUT2D eigenvalue weighted by molar-refractivity contribution is 9.10. The van der Waals surface area contributed by atoms with E-state index >= 15 is 0 Å². The van der Waals surface area contributed by atoms with Crippen LogP contribution >= 0.6 is 15.9 Å². The van der Waals surface area contributed by atoms with E-state index in [-0.39, 0.29) is 12.4 Å². The Balaban J connectivity index is 2.50. The van der Waals surface area contributed by atoms with Gasteiger partial charge in [0.15, 0.2) is 0 Å². The van der Waals surface area contributed by atoms with E-state index in [0.717, 1.165) is 15.6 Å². The van der Waals surface area contributed by atoms with Crippen LogP contribution < -0.4 is 5.01 Å². The van der Waals surface area contributed by atoms with Crippen molar-refractivity contribution < 1.29 is 10.2 Å². The van der Waals surface area contributed by atoms with Crippen molar-refractivity contribution in [2.45, 2.75) is 6.42 Å². The molecule has 114 valence electrons. The van der Waals surface area contributed by atoms with Gasteiger partial charge in [-0.3, -0.25) is 0 Å². The molecule has 0 aliphatic carbocycles. The maximum absolute atomic E-state index is 10.3. The molecule has 0 amide bonds. The van der Waals surface area contributed by atoms with Crippen molar-refractivity contribution in [2.24, 2.45) is 5.10 Å². The molecule has 0 spiro atoms. The van der Waals surface area contributed by atoms with Crippen LogP contribution in [0.2, 0.25) is 0 Å². The monoisotopic (exact) mass is 360 g/mol. The van der Waals surface area contributed by atoms with Crippen LogP contribution in [0, 0.1) is 0 Å². The first-order chi connectivity index (χ1) is 10.6. The number of rotatable bonds is 6. The number of phenols is 1. The van der Waals surface area contributed by atoms with Crippen LogP contribution in [0.4, 0.5) is 5.69 Å². The topological polar surface area (TPSA) is 56.1 Å². The van der Waals surface area contributed by atoms with Gasteiger partial charge in [0.25, 0.3) is 0 Å². The van der Waals surface area contributed by atoms with E-state index in [1.54, 1.807) is 6.07 Å². The number of anilines is 1. The molecule has 0 bridgehead atoms. The molecule has 0 heterocycles. The van der Waals surface area contributed by atoms with Gasteiger partial charge in [0.1, 0.15) is 5.75 Å². The van der Waals surface area contributed by atoms with E-state index in [9.17, 15) is 10.2 Å². The number of aromatic hydroxyl groups is 1. The molecule has 2 aromatic carbocycles. The zero-order chi connectivity index (χ0) is 16.1. The Labute approximate surface area is 138 Å². The SMILES string of the molecule is C=CN(N=C)c1ccc(-c2ccc(Br)cc2CCO)c(O)c1. The predicted molar refractivity (Wildman–Crippen MR) is 94.3 cm³/mol. The summed E-state index contributed by atoms with van der Waals surface area (Å²) in [5, 5.41) is 24.8. The van der Waals surface area contributed by atoms with Gasteiger partial charge in [-0.15, -0.1) is 0 Å². The van der Waals surface area contributed by atoms with Gasteiger partial charge in [-0.25, -0.2) is 5.01 Å². The highest BCUT2D eigenvalue weighted by Gasteiger charge is 2.12. The Morgan fingerprint density at radius 2 is 1.91 bits per heavy atom. The zero-order valence-corrected chi connectivity index (χ0v) is 13.6. The van der Waals surface area contributed by atoms with E-state index < -0.39 is 0 Å². The smallest absolute Gasteiger partial charge is 0.125 e. The molecule has 5 heteroatoms. The van der Waals surface area contributed by atoms with E-state index in [2.05, 4.69) is 34.3 Å². The molecule has 0 atom stereocenters. The highest BCUT2D eigenvalue weighted by atomic mass is 79.9. The average molecular weight is 361 g/mol. The van der Waals surface area contributed by atoms with Gasteiger partial charge in [0.05, 0.1) is 5.69 Å². The van der Waals surface area contributed by atoms with Crippen molar-refractivity contribution >= 4 is 28.3 Å². The molecule has 0 aromatic heterocycles. The van der Waals surface area contributed by atoms with Crippen molar-refractivity contribution in [1.29, 1.82) is 0 Å². The molecule has 0 aliphatic heterocycles. The van der Waals surface area contributed by atoms with Crippen LogP contribution in [0.1, 0.15) is 5.56 Å². The van der Waals surface area contributed by atoms with Crippen LogP contribution in [0.25, 0.3) is 11.1 Å². The standard InChI is InChI=1S/C17H17BrN2O2/c1-3-20(19-2)14-5-7-16(17(22)11-14)15-6-4-13(18)10-12(15)8-9-21/h3-7,10-11,21-22H,1-2,8-9H2. The fourth-order valence-electron chi connectivity index (χ4n) is 2.29. The van der Waals surface area contributed by atoms with Crippen molar-refractivity contribution in [3.05, 3.63) is 59.2 Å². The fraction of sp³-hybridized carbons (Fsp3) is 0.118. The Hall–Kier alpha value is -2.11. The van der Waals surface area contributed by atoms with E-state index in [1.807, 2.05) is 30.3 Å². The third-order valence-corrected chi connectivity index (χ3v) is 3.80. The van der Waals surface area contributed by atoms with E-state index in [0.29, 0.717) is 17.7 Å². The van der Waals surface area contributed by atoms with Crippen LogP contribution in [0.15, 0.2) is 58.8 Å². The summed E-state index contributed by atoms with van der Waals surface area (Å²) in [6, 6.07) is 11.0. The molecular formula is C17H17BrN2O2. The number of hydrazone groups is 1. The molecular weight excluding hydrogens is 344 g/mol. The normalized spacial score (nSPS) is 10.3. The molecule has 2 aromatic rings. The first kappa shape index (κ1) is 16.3. The van der Waals surface area contributed by atoms with Crippen molar-refractivity contribution in [3.63, 3.8) is 0 Å². The Kier molecular flexibility index (Phi) is 5.35. The lowest BCUT2D eigenvalue weighted by Crippen LogP contribution is -2.05. The number of halogens is 1. The summed E-state index contributed by atoms with van der Waals surface area (Å²) in [4.78, 5) is 0. The van der Waals surface area contributed by atoms with E-state index in [1.165, 1.54) is 11.2 Å². The molecule has 0 saturated carbocycles. The molecule has 2 rings (SSSR count). The summed E-state index contributed by atoms with van der Waals surface area (Å²) < 4.78 is 0.935. The fourth-order valence-corrected chi connectivity index (χ4v) is 2.70. The molecule has 2 N–H and O–H groups in total. The minimum absolute atomic E-state index is 0.0485. The number of hydrogen-bond donors (Lipinski definition) is 2. The Morgan fingerprint density at radius 1 is 1.18 bits per heavy atom. The minimum atomic E-state index is 0.0485. The predicted octanol–water partition coefficient (Wildman–Crippen LogP) is 3.92. The number of phenolic OH excluding ortho intramolecular Hbond substituents is 1. The van der Waals surface area contributed by atoms with Gasteiger partial charge >= 0.3 is 0 Å². The molecule has 0 saturated heterocycles. The van der Waals surface area contributed by atoms with Crippen LogP contribution in [-0.2, 0) is 6.42 Å². The maximum atomic E-state index is 10.3. The molecule has 4 nitrogen and oxygen atoms in total. The Bertz CT molecular complexity index is 693. The number of nitrogens with zero attached hydrogens (tertiary/aromatic N) is 2. The maximum Gasteiger partial charge on any atom is 0.125 e. The molecule has 22 heavy (non-hydrogen) atoms. The van der Waals surface area contributed by atoms with Crippen molar-refractivity contribution in [2.75, 3.05) is 11.6 Å². The number of benzene rings is 2. The first-order valence-corrected chi connectivity index (χ1v) is 7.51. The average Bonchev–Trinajstić information content (AvgIpc) is 2.50. The van der Waals surface area contributed by atoms with Crippen LogP contribution in [-0.4, -0.2) is 23.5 Å². The molecule has 0 aliphatic rings. The summed E-state index contributed by atoms with van der Waals surface area (Å²) in [5.41, 5.74) is 3.22. The second-order valence-electron chi connectivity index (χ2n) is 4.65. The second kappa shape index (κ2) is 7.24. The molecule has 0 fully saturated rings. The van der Waals surface area contributed by atoms with Gasteiger partial charge in [-0.2, -0.15) is 5.10 Å². The highest BCUT2D eigenvalue weighted by Crippen LogP contribution is 2.36. The summed E-state index contributed by atoms with van der Waals surface area (Å²) >= 11 is 3.43. The van der Waals surface area contributed by atoms with Gasteiger partial charge in [0.2, 0.25) is 0 Å². The summed E-state index contributed by atoms with van der Waals surface area (Å²) in [6.07, 6.45) is 2.03. The summed E-state index contributed by atoms with van der Waals surface area (Å²) in [5.74, 6) is 0.134. The molecule has 0 radical (unpaired) electrons. The van der Waals surface area contributed by atoms with Gasteiger partial charge in [-0.1, -0.05) is 28.6 Å². The summed E-state index contributed by atoms with van der Waals surface area (Å²) in [6.45, 7) is 7.15. The van der Waals surface area contributed by atoms with Crippen LogP contribution in [0.5, 0.6) is 5.75 Å². The Morgan fingerprint density at radius 3 is 2.50 bits per heavy atom. The lowest BCUT2D eigenvalue weighted by atomic mass is 9.97. The first-order valence-electron chi connectivity index (χ1n) is 6.71. The number of aliphatic hydroxyl groups excluding tert-OH is 1. The quantitative estimate of drug-likeness (QED) is 0.606. The third kappa shape index (κ3) is 3.37. The van der Waals surface area contributed by atoms with Crippen molar-refractivity contribution in [3.8, 4) is 16.9 Å². The minimum Gasteiger partial charge on any atom is -0.507 e. The lowest BCUT2D eigenvalue weighted by molar-refractivity contribution is 0.299. The molecule has 0 unspecified atom stereocenters. The second-order valence-corrected chi connectivity index (χ2v) is 5.56. The zero-order valence-electron chi connectivity index (χ0n) is 12.0. The van der Waals surface area contributed by atoms with Gasteiger partial charge in [-0.05, 0) is 41.8 Å². The van der Waals surface area contributed by atoms with Gasteiger partial charge < -0.3 is 10.2 Å². The van der Waals surface area contributed by atoms with Gasteiger partial charge in [0, 0.05) is 35.6 Å². The third-order valence-electron chi connectivity index (χ3n) is 3.31. The largest absolute Gasteiger partial charge is 0.507 e. The lowest BCUT2D eigenvalue weighted by Gasteiger charge is -2.16.